The van der Waals surface area contributed by atoms with Crippen LogP contribution in [-0.2, 0) is 9.57 Å². The second-order valence-electron chi connectivity index (χ2n) is 4.41. The lowest BCUT2D eigenvalue weighted by Crippen LogP contribution is -2.16. The standard InChI is InChI=1S/C15H13NO3/c16-19-15(17)18-9-14-12-7-3-1-5-10(12)11-6-2-4-8-13(11)14/h1-8,14H,9,16H2. The first-order valence-electron chi connectivity index (χ1n) is 6.03. The van der Waals surface area contributed by atoms with Gasteiger partial charge in [-0.05, 0) is 22.3 Å². The highest BCUT2D eigenvalue weighted by Crippen LogP contribution is 2.44. The van der Waals surface area contributed by atoms with Gasteiger partial charge in [-0.3, -0.25) is 0 Å². The number of fused-ring (bicyclic) bond motifs is 3. The van der Waals surface area contributed by atoms with Crippen LogP contribution in [0.15, 0.2) is 48.5 Å². The van der Waals surface area contributed by atoms with Crippen molar-refractivity contribution >= 4 is 6.16 Å². The number of carbonyl (C=O) groups is 1. The maximum absolute atomic E-state index is 11.0. The van der Waals surface area contributed by atoms with Gasteiger partial charge in [-0.15, -0.1) is 0 Å². The van der Waals surface area contributed by atoms with Gasteiger partial charge in [-0.1, -0.05) is 48.5 Å². The van der Waals surface area contributed by atoms with Crippen molar-refractivity contribution in [3.05, 3.63) is 59.7 Å². The van der Waals surface area contributed by atoms with Crippen molar-refractivity contribution in [2.45, 2.75) is 5.92 Å². The predicted molar refractivity (Wildman–Crippen MR) is 70.3 cm³/mol. The smallest absolute Gasteiger partial charge is 0.432 e. The molecule has 96 valence electrons. The van der Waals surface area contributed by atoms with E-state index in [0.717, 1.165) is 11.1 Å². The van der Waals surface area contributed by atoms with Crippen LogP contribution in [0.25, 0.3) is 11.1 Å². The van der Waals surface area contributed by atoms with Crippen LogP contribution in [0.2, 0.25) is 0 Å². The van der Waals surface area contributed by atoms with Gasteiger partial charge in [0.2, 0.25) is 0 Å². The van der Waals surface area contributed by atoms with Crippen LogP contribution in [0, 0.1) is 0 Å². The Hall–Kier alpha value is -2.33. The molecular weight excluding hydrogens is 242 g/mol. The van der Waals surface area contributed by atoms with Gasteiger partial charge < -0.3 is 9.57 Å². The fourth-order valence-corrected chi connectivity index (χ4v) is 2.62. The molecule has 2 aromatic carbocycles. The molecule has 2 aromatic rings. The van der Waals surface area contributed by atoms with E-state index in [0.29, 0.717) is 0 Å². The van der Waals surface area contributed by atoms with E-state index in [-0.39, 0.29) is 12.5 Å². The molecule has 0 heterocycles. The summed E-state index contributed by atoms with van der Waals surface area (Å²) in [6, 6.07) is 16.2. The lowest BCUT2D eigenvalue weighted by Gasteiger charge is -2.12. The quantitative estimate of drug-likeness (QED) is 0.662. The molecule has 0 aromatic heterocycles. The van der Waals surface area contributed by atoms with Gasteiger partial charge in [0.05, 0.1) is 0 Å². The van der Waals surface area contributed by atoms with Crippen molar-refractivity contribution in [2.75, 3.05) is 6.61 Å². The summed E-state index contributed by atoms with van der Waals surface area (Å²) in [4.78, 5) is 15.0. The highest BCUT2D eigenvalue weighted by molar-refractivity contribution is 5.78. The van der Waals surface area contributed by atoms with E-state index >= 15 is 0 Å². The highest BCUT2D eigenvalue weighted by atomic mass is 16.8. The Bertz CT molecular complexity index is 579. The van der Waals surface area contributed by atoms with Crippen molar-refractivity contribution in [3.63, 3.8) is 0 Å². The lowest BCUT2D eigenvalue weighted by atomic mass is 9.98. The zero-order chi connectivity index (χ0) is 13.2. The SMILES string of the molecule is NOC(=O)OCC1c2ccccc2-c2ccccc21. The molecule has 0 bridgehead atoms. The Morgan fingerprint density at radius 1 is 1.00 bits per heavy atom. The Balaban J connectivity index is 1.98. The van der Waals surface area contributed by atoms with E-state index in [9.17, 15) is 4.79 Å². The summed E-state index contributed by atoms with van der Waals surface area (Å²) >= 11 is 0. The normalized spacial score (nSPS) is 12.7. The molecule has 0 unspecified atom stereocenters. The molecular formula is C15H13NO3. The number of hydrogen-bond acceptors (Lipinski definition) is 4. The van der Waals surface area contributed by atoms with Crippen molar-refractivity contribution in [3.8, 4) is 11.1 Å². The summed E-state index contributed by atoms with van der Waals surface area (Å²) in [6.45, 7) is 0.226. The first-order valence-corrected chi connectivity index (χ1v) is 6.03. The third kappa shape index (κ3) is 1.96. The molecule has 0 atom stereocenters. The number of benzene rings is 2. The molecule has 3 rings (SSSR count). The van der Waals surface area contributed by atoms with Gasteiger partial charge >= 0.3 is 6.16 Å². The average molecular weight is 255 g/mol. The molecule has 0 amide bonds. The number of carbonyl (C=O) groups excluding carboxylic acids is 1. The minimum Gasteiger partial charge on any atom is -0.432 e. The van der Waals surface area contributed by atoms with E-state index in [4.69, 9.17) is 10.6 Å². The Morgan fingerprint density at radius 2 is 1.53 bits per heavy atom. The largest absolute Gasteiger partial charge is 0.527 e. The number of ether oxygens (including phenoxy) is 1. The Kier molecular flexibility index (Phi) is 2.93. The van der Waals surface area contributed by atoms with Gasteiger partial charge in [0.1, 0.15) is 6.61 Å². The molecule has 0 fully saturated rings. The Morgan fingerprint density at radius 3 is 2.05 bits per heavy atom. The monoisotopic (exact) mass is 255 g/mol. The molecule has 0 saturated heterocycles. The molecule has 0 aliphatic heterocycles. The third-order valence-corrected chi connectivity index (χ3v) is 3.43. The van der Waals surface area contributed by atoms with Crippen LogP contribution < -0.4 is 5.90 Å². The van der Waals surface area contributed by atoms with Crippen LogP contribution >= 0.6 is 0 Å². The molecule has 0 radical (unpaired) electrons. The number of nitrogens with two attached hydrogens (primary N) is 1. The fourth-order valence-electron chi connectivity index (χ4n) is 2.62. The van der Waals surface area contributed by atoms with Gasteiger partial charge in [-0.25, -0.2) is 4.79 Å². The van der Waals surface area contributed by atoms with Crippen molar-refractivity contribution in [2.24, 2.45) is 5.90 Å². The van der Waals surface area contributed by atoms with Crippen LogP contribution in [0.1, 0.15) is 17.0 Å². The van der Waals surface area contributed by atoms with Crippen LogP contribution in [0.4, 0.5) is 4.79 Å². The third-order valence-electron chi connectivity index (χ3n) is 3.43. The molecule has 0 spiro atoms. The maximum Gasteiger partial charge on any atom is 0.527 e. The van der Waals surface area contributed by atoms with Gasteiger partial charge in [0.25, 0.3) is 0 Å². The molecule has 19 heavy (non-hydrogen) atoms. The molecule has 2 N–H and O–H groups in total. The summed E-state index contributed by atoms with van der Waals surface area (Å²) in [5, 5.41) is 0. The number of hydrogen-bond donors (Lipinski definition) is 1. The molecule has 1 aliphatic rings. The van der Waals surface area contributed by atoms with Crippen LogP contribution in [-0.4, -0.2) is 12.8 Å². The molecule has 1 aliphatic carbocycles. The summed E-state index contributed by atoms with van der Waals surface area (Å²) in [6.07, 6.45) is -0.859. The second kappa shape index (κ2) is 4.74. The van der Waals surface area contributed by atoms with Crippen LogP contribution in [0.3, 0.4) is 0 Å². The first kappa shape index (κ1) is 11.7. The minimum absolute atomic E-state index is 0.0338. The summed E-state index contributed by atoms with van der Waals surface area (Å²) < 4.78 is 5.00. The van der Waals surface area contributed by atoms with E-state index < -0.39 is 6.16 Å². The van der Waals surface area contributed by atoms with Crippen LogP contribution in [0.5, 0.6) is 0 Å². The van der Waals surface area contributed by atoms with E-state index in [1.165, 1.54) is 11.1 Å². The van der Waals surface area contributed by atoms with Gasteiger partial charge in [0, 0.05) is 5.92 Å². The first-order chi connectivity index (χ1) is 9.31. The summed E-state index contributed by atoms with van der Waals surface area (Å²) in [7, 11) is 0. The second-order valence-corrected chi connectivity index (χ2v) is 4.41. The average Bonchev–Trinajstić information content (AvgIpc) is 2.79. The van der Waals surface area contributed by atoms with Gasteiger partial charge in [0.15, 0.2) is 0 Å². The van der Waals surface area contributed by atoms with Crippen molar-refractivity contribution < 1.29 is 14.4 Å². The number of rotatable bonds is 2. The molecule has 4 heteroatoms. The zero-order valence-corrected chi connectivity index (χ0v) is 10.2. The van der Waals surface area contributed by atoms with E-state index in [1.54, 1.807) is 0 Å². The van der Waals surface area contributed by atoms with E-state index in [2.05, 4.69) is 29.1 Å². The minimum atomic E-state index is -0.859. The fraction of sp³-hybridized carbons (Fsp3) is 0.133. The predicted octanol–water partition coefficient (Wildman–Crippen LogP) is 2.83. The lowest BCUT2D eigenvalue weighted by molar-refractivity contribution is 0.0533. The highest BCUT2D eigenvalue weighted by Gasteiger charge is 2.29. The Labute approximate surface area is 110 Å². The summed E-state index contributed by atoms with van der Waals surface area (Å²) in [5.74, 6) is 4.81. The van der Waals surface area contributed by atoms with E-state index in [1.807, 2.05) is 24.3 Å². The van der Waals surface area contributed by atoms with Gasteiger partial charge in [-0.2, -0.15) is 5.90 Å². The molecule has 0 saturated carbocycles. The zero-order valence-electron chi connectivity index (χ0n) is 10.2. The molecule has 4 nitrogen and oxygen atoms in total. The topological polar surface area (TPSA) is 61.5 Å². The summed E-state index contributed by atoms with van der Waals surface area (Å²) in [5.41, 5.74) is 4.70. The van der Waals surface area contributed by atoms with Crippen molar-refractivity contribution in [1.82, 2.24) is 0 Å². The van der Waals surface area contributed by atoms with Crippen molar-refractivity contribution in [1.29, 1.82) is 0 Å². The maximum atomic E-state index is 11.0.